The Balaban J connectivity index is 1.65. The van der Waals surface area contributed by atoms with E-state index in [1.165, 1.54) is 0 Å². The largest absolute Gasteiger partial charge is 0.339 e. The Morgan fingerprint density at radius 1 is 1.14 bits per heavy atom. The predicted octanol–water partition coefficient (Wildman–Crippen LogP) is 0.780. The van der Waals surface area contributed by atoms with Gasteiger partial charge in [-0.25, -0.2) is 0 Å². The smallest absolute Gasteiger partial charge is 0.245 e. The third-order valence-electron chi connectivity index (χ3n) is 4.59. The third-order valence-corrected chi connectivity index (χ3v) is 4.59. The van der Waals surface area contributed by atoms with E-state index in [-0.39, 0.29) is 23.9 Å². The number of nitrogens with zero attached hydrogens (tertiary/aromatic N) is 2. The summed E-state index contributed by atoms with van der Waals surface area (Å²) in [7, 11) is 0. The van der Waals surface area contributed by atoms with Crippen LogP contribution in [0.2, 0.25) is 0 Å². The first-order valence-corrected chi connectivity index (χ1v) is 8.03. The minimum Gasteiger partial charge on any atom is -0.339 e. The molecule has 118 valence electrons. The molecule has 22 heavy (non-hydrogen) atoms. The first-order chi connectivity index (χ1) is 10.6. The number of benzene rings is 1. The Hall–Kier alpha value is -1.88. The van der Waals surface area contributed by atoms with Crippen LogP contribution in [-0.4, -0.2) is 53.3 Å². The maximum absolute atomic E-state index is 12.6. The molecule has 2 saturated heterocycles. The molecule has 5 heteroatoms. The fraction of sp³-hybridized carbons (Fsp3) is 0.529. The summed E-state index contributed by atoms with van der Waals surface area (Å²) in [6.07, 6.45) is 2.89. The van der Waals surface area contributed by atoms with Gasteiger partial charge in [-0.1, -0.05) is 30.3 Å². The predicted molar refractivity (Wildman–Crippen MR) is 84.1 cm³/mol. The number of carbonyl (C=O) groups is 2. The highest BCUT2D eigenvalue weighted by molar-refractivity contribution is 5.89. The highest BCUT2D eigenvalue weighted by atomic mass is 16.2. The molecule has 1 aromatic rings. The average molecular weight is 301 g/mol. The summed E-state index contributed by atoms with van der Waals surface area (Å²) in [6.45, 7) is 2.02. The maximum atomic E-state index is 12.6. The van der Waals surface area contributed by atoms with Gasteiger partial charge in [0, 0.05) is 25.7 Å². The molecule has 0 aromatic heterocycles. The molecule has 0 bridgehead atoms. The quantitative estimate of drug-likeness (QED) is 0.897. The van der Waals surface area contributed by atoms with Crippen LogP contribution in [0.1, 0.15) is 24.8 Å². The van der Waals surface area contributed by atoms with Gasteiger partial charge in [0.2, 0.25) is 11.8 Å². The van der Waals surface area contributed by atoms with Gasteiger partial charge < -0.3 is 15.5 Å². The molecule has 5 nitrogen and oxygen atoms in total. The molecule has 3 rings (SSSR count). The van der Waals surface area contributed by atoms with Gasteiger partial charge in [-0.2, -0.15) is 0 Å². The second-order valence-electron chi connectivity index (χ2n) is 6.24. The van der Waals surface area contributed by atoms with Crippen LogP contribution in [0.15, 0.2) is 30.3 Å². The summed E-state index contributed by atoms with van der Waals surface area (Å²) >= 11 is 0. The molecule has 2 heterocycles. The lowest BCUT2D eigenvalue weighted by Gasteiger charge is -2.28. The van der Waals surface area contributed by atoms with Crippen molar-refractivity contribution in [3.63, 3.8) is 0 Å². The minimum atomic E-state index is -0.290. The van der Waals surface area contributed by atoms with Crippen LogP contribution in [-0.2, 0) is 16.0 Å². The Labute approximate surface area is 131 Å². The first-order valence-electron chi connectivity index (χ1n) is 8.03. The standard InChI is InChI=1S/C17H23N3O2/c18-14-8-10-19(12-14)17(22)15-7-4-9-20(15)16(21)11-13-5-2-1-3-6-13/h1-3,5-6,14-15H,4,7-12,18H2/t14-,15?/m1/s1. The fourth-order valence-electron chi connectivity index (χ4n) is 3.39. The van der Waals surface area contributed by atoms with Gasteiger partial charge in [-0.05, 0) is 24.8 Å². The molecule has 1 unspecified atom stereocenters. The van der Waals surface area contributed by atoms with E-state index in [4.69, 9.17) is 5.73 Å². The molecular formula is C17H23N3O2. The summed E-state index contributed by atoms with van der Waals surface area (Å²) in [5, 5.41) is 0. The van der Waals surface area contributed by atoms with E-state index in [1.54, 1.807) is 4.90 Å². The number of hydrogen-bond acceptors (Lipinski definition) is 3. The van der Waals surface area contributed by atoms with Gasteiger partial charge in [-0.15, -0.1) is 0 Å². The van der Waals surface area contributed by atoms with E-state index in [0.717, 1.165) is 31.4 Å². The van der Waals surface area contributed by atoms with E-state index in [1.807, 2.05) is 35.2 Å². The number of carbonyl (C=O) groups excluding carboxylic acids is 2. The normalized spacial score (nSPS) is 24.8. The Morgan fingerprint density at radius 2 is 1.91 bits per heavy atom. The van der Waals surface area contributed by atoms with E-state index in [0.29, 0.717) is 19.5 Å². The molecule has 2 aliphatic heterocycles. The van der Waals surface area contributed by atoms with Crippen molar-refractivity contribution in [2.75, 3.05) is 19.6 Å². The van der Waals surface area contributed by atoms with Crippen molar-refractivity contribution in [2.24, 2.45) is 5.73 Å². The zero-order valence-corrected chi connectivity index (χ0v) is 12.8. The van der Waals surface area contributed by atoms with Gasteiger partial charge >= 0.3 is 0 Å². The molecule has 1 aromatic carbocycles. The third kappa shape index (κ3) is 3.14. The minimum absolute atomic E-state index is 0.0468. The SMILES string of the molecule is N[C@@H]1CCN(C(=O)C2CCCN2C(=O)Cc2ccccc2)C1. The van der Waals surface area contributed by atoms with Crippen molar-refractivity contribution >= 4 is 11.8 Å². The van der Waals surface area contributed by atoms with Crippen LogP contribution in [0.25, 0.3) is 0 Å². The first kappa shape index (κ1) is 15.0. The van der Waals surface area contributed by atoms with Crippen molar-refractivity contribution < 1.29 is 9.59 Å². The van der Waals surface area contributed by atoms with Crippen LogP contribution in [0.4, 0.5) is 0 Å². The molecule has 0 spiro atoms. The van der Waals surface area contributed by atoms with Gasteiger partial charge in [0.1, 0.15) is 6.04 Å². The number of rotatable bonds is 3. The van der Waals surface area contributed by atoms with E-state index < -0.39 is 0 Å². The lowest BCUT2D eigenvalue weighted by atomic mass is 10.1. The van der Waals surface area contributed by atoms with E-state index in [9.17, 15) is 9.59 Å². The zero-order chi connectivity index (χ0) is 15.5. The molecule has 0 radical (unpaired) electrons. The summed E-state index contributed by atoms with van der Waals surface area (Å²) in [5.41, 5.74) is 6.88. The van der Waals surface area contributed by atoms with E-state index >= 15 is 0 Å². The second-order valence-corrected chi connectivity index (χ2v) is 6.24. The van der Waals surface area contributed by atoms with Crippen LogP contribution >= 0.6 is 0 Å². The van der Waals surface area contributed by atoms with Gasteiger partial charge in [0.25, 0.3) is 0 Å². The van der Waals surface area contributed by atoms with Crippen molar-refractivity contribution in [3.8, 4) is 0 Å². The summed E-state index contributed by atoms with van der Waals surface area (Å²) < 4.78 is 0. The Bertz CT molecular complexity index is 546. The highest BCUT2D eigenvalue weighted by Crippen LogP contribution is 2.22. The molecule has 2 N–H and O–H groups in total. The van der Waals surface area contributed by atoms with Crippen LogP contribution in [0.5, 0.6) is 0 Å². The molecule has 0 saturated carbocycles. The lowest BCUT2D eigenvalue weighted by molar-refractivity contribution is -0.142. The number of nitrogens with two attached hydrogens (primary N) is 1. The van der Waals surface area contributed by atoms with Gasteiger partial charge in [-0.3, -0.25) is 9.59 Å². The van der Waals surface area contributed by atoms with Crippen molar-refractivity contribution in [1.29, 1.82) is 0 Å². The van der Waals surface area contributed by atoms with Crippen LogP contribution in [0, 0.1) is 0 Å². The number of hydrogen-bond donors (Lipinski definition) is 1. The van der Waals surface area contributed by atoms with Crippen molar-refractivity contribution in [2.45, 2.75) is 37.8 Å². The van der Waals surface area contributed by atoms with Gasteiger partial charge in [0.05, 0.1) is 6.42 Å². The summed E-state index contributed by atoms with van der Waals surface area (Å²) in [5.74, 6) is 0.123. The molecule has 2 amide bonds. The fourth-order valence-corrected chi connectivity index (χ4v) is 3.39. The number of amides is 2. The monoisotopic (exact) mass is 301 g/mol. The molecule has 0 aliphatic carbocycles. The Morgan fingerprint density at radius 3 is 2.59 bits per heavy atom. The second kappa shape index (κ2) is 6.48. The van der Waals surface area contributed by atoms with Crippen molar-refractivity contribution in [1.82, 2.24) is 9.80 Å². The number of likely N-dealkylation sites (tertiary alicyclic amines) is 2. The Kier molecular flexibility index (Phi) is 4.43. The zero-order valence-electron chi connectivity index (χ0n) is 12.8. The van der Waals surface area contributed by atoms with Gasteiger partial charge in [0.15, 0.2) is 0 Å². The maximum Gasteiger partial charge on any atom is 0.245 e. The molecule has 2 fully saturated rings. The van der Waals surface area contributed by atoms with E-state index in [2.05, 4.69) is 0 Å². The molecule has 2 atom stereocenters. The van der Waals surface area contributed by atoms with Crippen LogP contribution < -0.4 is 5.73 Å². The van der Waals surface area contributed by atoms with Crippen molar-refractivity contribution in [3.05, 3.63) is 35.9 Å². The summed E-state index contributed by atoms with van der Waals surface area (Å²) in [6, 6.07) is 9.49. The molecular weight excluding hydrogens is 278 g/mol. The molecule has 2 aliphatic rings. The average Bonchev–Trinajstić information content (AvgIpc) is 3.16. The highest BCUT2D eigenvalue weighted by Gasteiger charge is 2.37. The summed E-state index contributed by atoms with van der Waals surface area (Å²) in [4.78, 5) is 28.8. The topological polar surface area (TPSA) is 66.6 Å². The van der Waals surface area contributed by atoms with Crippen LogP contribution in [0.3, 0.4) is 0 Å². The lowest BCUT2D eigenvalue weighted by Crippen LogP contribution is -2.48.